The zero-order chi connectivity index (χ0) is 17.8. The average Bonchev–Trinajstić information content (AvgIpc) is 3.07. The number of thioether (sulfide) groups is 1. The quantitative estimate of drug-likeness (QED) is 0.794. The van der Waals surface area contributed by atoms with Crippen LogP contribution in [0.15, 0.2) is 34.5 Å². The van der Waals surface area contributed by atoms with E-state index >= 15 is 0 Å². The summed E-state index contributed by atoms with van der Waals surface area (Å²) >= 11 is 2.72. The Morgan fingerprint density at radius 1 is 1.32 bits per heavy atom. The molecule has 0 radical (unpaired) electrons. The standard InChI is InChI=1S/C16H15N3O4S2/c20-13(17-6-5-14-18-10(8-25-14)16(22)23)7-19-11-3-1-2-4-12(11)24-9-15(19)21/h1-4,8H,5-7,9H2,(H,17,20)(H,22,23). The Bertz CT molecular complexity index is 821. The van der Waals surface area contributed by atoms with Crippen molar-refractivity contribution in [2.45, 2.75) is 11.3 Å². The van der Waals surface area contributed by atoms with Crippen LogP contribution in [0.1, 0.15) is 15.5 Å². The molecule has 2 heterocycles. The van der Waals surface area contributed by atoms with Gasteiger partial charge in [-0.3, -0.25) is 9.59 Å². The van der Waals surface area contributed by atoms with Crippen molar-refractivity contribution in [3.8, 4) is 0 Å². The Balaban J connectivity index is 1.54. The van der Waals surface area contributed by atoms with Gasteiger partial charge in [-0.15, -0.1) is 23.1 Å². The van der Waals surface area contributed by atoms with Gasteiger partial charge < -0.3 is 15.3 Å². The third-order valence-corrected chi connectivity index (χ3v) is 5.50. The number of carbonyl (C=O) groups excluding carboxylic acids is 2. The minimum absolute atomic E-state index is 0.0133. The zero-order valence-electron chi connectivity index (χ0n) is 13.1. The number of fused-ring (bicyclic) bond motifs is 1. The molecule has 1 aliphatic rings. The van der Waals surface area contributed by atoms with Crippen LogP contribution in [0.2, 0.25) is 0 Å². The molecule has 0 spiro atoms. The lowest BCUT2D eigenvalue weighted by Gasteiger charge is -2.28. The van der Waals surface area contributed by atoms with Crippen molar-refractivity contribution in [3.05, 3.63) is 40.3 Å². The lowest BCUT2D eigenvalue weighted by molar-refractivity contribution is -0.122. The van der Waals surface area contributed by atoms with Crippen molar-refractivity contribution in [2.75, 3.05) is 23.7 Å². The first kappa shape index (κ1) is 17.4. The molecule has 1 aliphatic heterocycles. The summed E-state index contributed by atoms with van der Waals surface area (Å²) in [7, 11) is 0. The number of hydrogen-bond acceptors (Lipinski definition) is 6. The molecular weight excluding hydrogens is 362 g/mol. The van der Waals surface area contributed by atoms with Gasteiger partial charge >= 0.3 is 5.97 Å². The number of nitrogens with zero attached hydrogens (tertiary/aromatic N) is 2. The number of benzene rings is 1. The molecule has 2 N–H and O–H groups in total. The first-order chi connectivity index (χ1) is 12.0. The maximum Gasteiger partial charge on any atom is 0.355 e. The van der Waals surface area contributed by atoms with Gasteiger partial charge in [0, 0.05) is 23.2 Å². The smallest absolute Gasteiger partial charge is 0.355 e. The maximum absolute atomic E-state index is 12.1. The van der Waals surface area contributed by atoms with Crippen LogP contribution in [0.4, 0.5) is 5.69 Å². The average molecular weight is 377 g/mol. The molecule has 7 nitrogen and oxygen atoms in total. The molecule has 0 unspecified atom stereocenters. The number of carbonyl (C=O) groups is 3. The highest BCUT2D eigenvalue weighted by Crippen LogP contribution is 2.34. The van der Waals surface area contributed by atoms with Gasteiger partial charge in [0.25, 0.3) is 0 Å². The van der Waals surface area contributed by atoms with Crippen molar-refractivity contribution in [3.63, 3.8) is 0 Å². The highest BCUT2D eigenvalue weighted by molar-refractivity contribution is 8.00. The molecule has 0 fully saturated rings. The van der Waals surface area contributed by atoms with Crippen LogP contribution in [-0.2, 0) is 16.0 Å². The summed E-state index contributed by atoms with van der Waals surface area (Å²) in [4.78, 5) is 41.5. The Hall–Kier alpha value is -2.39. The number of aromatic carboxylic acids is 1. The summed E-state index contributed by atoms with van der Waals surface area (Å²) < 4.78 is 0. The predicted octanol–water partition coefficient (Wildman–Crippen LogP) is 1.64. The number of amides is 2. The molecule has 0 atom stereocenters. The molecule has 1 aromatic carbocycles. The second-order valence-electron chi connectivity index (χ2n) is 5.27. The predicted molar refractivity (Wildman–Crippen MR) is 95.3 cm³/mol. The zero-order valence-corrected chi connectivity index (χ0v) is 14.7. The highest BCUT2D eigenvalue weighted by Gasteiger charge is 2.26. The summed E-state index contributed by atoms with van der Waals surface area (Å²) in [6, 6.07) is 7.50. The molecule has 0 saturated carbocycles. The molecule has 1 aromatic heterocycles. The fourth-order valence-electron chi connectivity index (χ4n) is 2.36. The van der Waals surface area contributed by atoms with E-state index in [1.807, 2.05) is 24.3 Å². The van der Waals surface area contributed by atoms with E-state index in [2.05, 4.69) is 10.3 Å². The van der Waals surface area contributed by atoms with Gasteiger partial charge in [-0.1, -0.05) is 12.1 Å². The molecule has 9 heteroatoms. The van der Waals surface area contributed by atoms with Gasteiger partial charge in [-0.25, -0.2) is 9.78 Å². The number of para-hydroxylation sites is 1. The lowest BCUT2D eigenvalue weighted by atomic mass is 10.2. The van der Waals surface area contributed by atoms with E-state index in [1.54, 1.807) is 0 Å². The number of thiazole rings is 1. The normalized spacial score (nSPS) is 13.4. The van der Waals surface area contributed by atoms with E-state index in [0.29, 0.717) is 23.7 Å². The number of hydrogen-bond donors (Lipinski definition) is 2. The molecule has 25 heavy (non-hydrogen) atoms. The summed E-state index contributed by atoms with van der Waals surface area (Å²) in [6.45, 7) is 0.304. The third kappa shape index (κ3) is 4.18. The van der Waals surface area contributed by atoms with Crippen molar-refractivity contribution < 1.29 is 19.5 Å². The first-order valence-electron chi connectivity index (χ1n) is 7.51. The summed E-state index contributed by atoms with van der Waals surface area (Å²) in [6.07, 6.45) is 0.448. The van der Waals surface area contributed by atoms with Crippen LogP contribution in [0.5, 0.6) is 0 Å². The van der Waals surface area contributed by atoms with Gasteiger partial charge in [-0.05, 0) is 12.1 Å². The number of rotatable bonds is 6. The number of carboxylic acids is 1. The van der Waals surface area contributed by atoms with E-state index in [-0.39, 0.29) is 24.1 Å². The molecular formula is C16H15N3O4S2. The van der Waals surface area contributed by atoms with E-state index in [4.69, 9.17) is 5.11 Å². The first-order valence-corrected chi connectivity index (χ1v) is 9.37. The van der Waals surface area contributed by atoms with E-state index in [9.17, 15) is 14.4 Å². The molecule has 0 bridgehead atoms. The molecule has 3 rings (SSSR count). The summed E-state index contributed by atoms with van der Waals surface area (Å²) in [5.74, 6) is -1.09. The van der Waals surface area contributed by atoms with Crippen molar-refractivity contribution >= 4 is 46.6 Å². The van der Waals surface area contributed by atoms with E-state index in [0.717, 1.165) is 10.6 Å². The van der Waals surface area contributed by atoms with Gasteiger partial charge in [-0.2, -0.15) is 0 Å². The Morgan fingerprint density at radius 2 is 2.12 bits per heavy atom. The van der Waals surface area contributed by atoms with Crippen molar-refractivity contribution in [1.82, 2.24) is 10.3 Å². The van der Waals surface area contributed by atoms with Crippen LogP contribution in [0.3, 0.4) is 0 Å². The number of aromatic nitrogens is 1. The fraction of sp³-hybridized carbons (Fsp3) is 0.250. The fourth-order valence-corrected chi connectivity index (χ4v) is 4.07. The molecule has 130 valence electrons. The SMILES string of the molecule is O=C(CN1C(=O)CSc2ccccc21)NCCc1nc(C(=O)O)cs1. The van der Waals surface area contributed by atoms with Crippen LogP contribution >= 0.6 is 23.1 Å². The Labute approximate surface area is 152 Å². The highest BCUT2D eigenvalue weighted by atomic mass is 32.2. The van der Waals surface area contributed by atoms with Gasteiger partial charge in [0.15, 0.2) is 5.69 Å². The topological polar surface area (TPSA) is 99.6 Å². The van der Waals surface area contributed by atoms with Crippen LogP contribution in [0.25, 0.3) is 0 Å². The second kappa shape index (κ2) is 7.66. The Morgan fingerprint density at radius 3 is 2.88 bits per heavy atom. The van der Waals surface area contributed by atoms with E-state index < -0.39 is 5.97 Å². The number of carboxylic acid groups (broad SMARTS) is 1. The monoisotopic (exact) mass is 377 g/mol. The Kier molecular flexibility index (Phi) is 5.34. The maximum atomic E-state index is 12.1. The van der Waals surface area contributed by atoms with Gasteiger partial charge in [0.1, 0.15) is 6.54 Å². The van der Waals surface area contributed by atoms with Gasteiger partial charge in [0.05, 0.1) is 16.4 Å². The number of nitrogens with one attached hydrogen (secondary N) is 1. The van der Waals surface area contributed by atoms with Crippen LogP contribution < -0.4 is 10.2 Å². The van der Waals surface area contributed by atoms with E-state index in [1.165, 1.54) is 33.4 Å². The molecule has 2 aromatic rings. The minimum atomic E-state index is -1.06. The minimum Gasteiger partial charge on any atom is -0.476 e. The van der Waals surface area contributed by atoms with Crippen LogP contribution in [0, 0.1) is 0 Å². The second-order valence-corrected chi connectivity index (χ2v) is 7.23. The summed E-state index contributed by atoms with van der Waals surface area (Å²) in [5.41, 5.74) is 0.768. The van der Waals surface area contributed by atoms with Crippen molar-refractivity contribution in [2.24, 2.45) is 0 Å². The van der Waals surface area contributed by atoms with Crippen LogP contribution in [-0.4, -0.2) is 46.7 Å². The summed E-state index contributed by atoms with van der Waals surface area (Å²) in [5, 5.41) is 13.7. The van der Waals surface area contributed by atoms with Gasteiger partial charge in [0.2, 0.25) is 11.8 Å². The molecule has 0 saturated heterocycles. The molecule has 0 aliphatic carbocycles. The third-order valence-electron chi connectivity index (χ3n) is 3.54. The number of anilines is 1. The molecule has 2 amide bonds. The van der Waals surface area contributed by atoms with Crippen molar-refractivity contribution in [1.29, 1.82) is 0 Å². The lowest BCUT2D eigenvalue weighted by Crippen LogP contribution is -2.43. The largest absolute Gasteiger partial charge is 0.476 e.